The van der Waals surface area contributed by atoms with Crippen LogP contribution in [-0.2, 0) is 4.74 Å². The fourth-order valence-corrected chi connectivity index (χ4v) is 1.53. The molecule has 5 heteroatoms. The molecule has 0 saturated carbocycles. The lowest BCUT2D eigenvalue weighted by molar-refractivity contribution is 0.0172. The standard InChI is InChI=1S/C11H14N2O3/c1-4-16-8(3)13-10(14)5-7(2)9(6-12)11(13)15/h5,8,14H,4H2,1-3H3. The van der Waals surface area contributed by atoms with Crippen molar-refractivity contribution in [3.8, 4) is 11.9 Å². The number of rotatable bonds is 3. The van der Waals surface area contributed by atoms with Crippen molar-refractivity contribution in [1.29, 1.82) is 5.26 Å². The number of nitrogens with zero attached hydrogens (tertiary/aromatic N) is 2. The smallest absolute Gasteiger partial charge is 0.273 e. The van der Waals surface area contributed by atoms with Crippen molar-refractivity contribution in [2.75, 3.05) is 6.61 Å². The van der Waals surface area contributed by atoms with E-state index in [4.69, 9.17) is 10.00 Å². The number of aryl methyl sites for hydroxylation is 1. The van der Waals surface area contributed by atoms with Crippen molar-refractivity contribution in [3.05, 3.63) is 27.5 Å². The van der Waals surface area contributed by atoms with Gasteiger partial charge in [-0.15, -0.1) is 0 Å². The summed E-state index contributed by atoms with van der Waals surface area (Å²) in [5.41, 5.74) is -0.0322. The van der Waals surface area contributed by atoms with Crippen LogP contribution in [0.1, 0.15) is 31.2 Å². The molecule has 0 bridgehead atoms. The van der Waals surface area contributed by atoms with E-state index in [0.717, 1.165) is 4.57 Å². The van der Waals surface area contributed by atoms with Crippen molar-refractivity contribution in [2.45, 2.75) is 27.0 Å². The van der Waals surface area contributed by atoms with Gasteiger partial charge in [0, 0.05) is 12.7 Å². The Labute approximate surface area is 93.5 Å². The zero-order valence-corrected chi connectivity index (χ0v) is 9.52. The molecule has 16 heavy (non-hydrogen) atoms. The molecule has 1 atom stereocenters. The summed E-state index contributed by atoms with van der Waals surface area (Å²) in [4.78, 5) is 11.9. The Morgan fingerprint density at radius 2 is 2.31 bits per heavy atom. The van der Waals surface area contributed by atoms with E-state index in [-0.39, 0.29) is 11.4 Å². The molecule has 0 aliphatic rings. The summed E-state index contributed by atoms with van der Waals surface area (Å²) in [7, 11) is 0. The van der Waals surface area contributed by atoms with Gasteiger partial charge in [0.15, 0.2) is 5.88 Å². The molecule has 1 rings (SSSR count). The van der Waals surface area contributed by atoms with Crippen LogP contribution in [0.5, 0.6) is 5.88 Å². The lowest BCUT2D eigenvalue weighted by Crippen LogP contribution is -2.27. The molecule has 1 N–H and O–H groups in total. The first-order valence-corrected chi connectivity index (χ1v) is 4.99. The van der Waals surface area contributed by atoms with Gasteiger partial charge >= 0.3 is 0 Å². The van der Waals surface area contributed by atoms with E-state index in [9.17, 15) is 9.90 Å². The molecule has 0 radical (unpaired) electrons. The number of aromatic nitrogens is 1. The van der Waals surface area contributed by atoms with Gasteiger partial charge in [0.05, 0.1) is 0 Å². The van der Waals surface area contributed by atoms with Gasteiger partial charge in [-0.05, 0) is 26.3 Å². The van der Waals surface area contributed by atoms with Crippen LogP contribution in [0, 0.1) is 18.3 Å². The molecule has 0 saturated heterocycles. The van der Waals surface area contributed by atoms with Gasteiger partial charge in [-0.2, -0.15) is 5.26 Å². The second-order valence-electron chi connectivity index (χ2n) is 3.40. The van der Waals surface area contributed by atoms with Gasteiger partial charge in [0.2, 0.25) is 0 Å². The molecule has 0 spiro atoms. The highest BCUT2D eigenvalue weighted by Gasteiger charge is 2.16. The topological polar surface area (TPSA) is 75.2 Å². The van der Waals surface area contributed by atoms with Crippen LogP contribution >= 0.6 is 0 Å². The zero-order chi connectivity index (χ0) is 12.3. The van der Waals surface area contributed by atoms with Gasteiger partial charge < -0.3 is 9.84 Å². The molecule has 0 amide bonds. The molecule has 0 aliphatic carbocycles. The van der Waals surface area contributed by atoms with E-state index < -0.39 is 11.8 Å². The van der Waals surface area contributed by atoms with Crippen LogP contribution in [0.15, 0.2) is 10.9 Å². The van der Waals surface area contributed by atoms with Gasteiger partial charge in [-0.25, -0.2) is 0 Å². The SMILES string of the molecule is CCOC(C)n1c(O)cc(C)c(C#N)c1=O. The van der Waals surface area contributed by atoms with E-state index in [2.05, 4.69) is 0 Å². The van der Waals surface area contributed by atoms with Gasteiger partial charge in [0.25, 0.3) is 5.56 Å². The van der Waals surface area contributed by atoms with Crippen LogP contribution < -0.4 is 5.56 Å². The maximum Gasteiger partial charge on any atom is 0.273 e. The fraction of sp³-hybridized carbons (Fsp3) is 0.455. The second kappa shape index (κ2) is 4.81. The first-order chi connectivity index (χ1) is 7.52. The maximum absolute atomic E-state index is 11.9. The van der Waals surface area contributed by atoms with E-state index in [1.807, 2.05) is 6.07 Å². The Kier molecular flexibility index (Phi) is 3.69. The molecule has 0 fully saturated rings. The van der Waals surface area contributed by atoms with Crippen LogP contribution in [0.2, 0.25) is 0 Å². The average Bonchev–Trinajstić information content (AvgIpc) is 2.17. The van der Waals surface area contributed by atoms with Crippen molar-refractivity contribution in [3.63, 3.8) is 0 Å². The summed E-state index contributed by atoms with van der Waals surface area (Å²) >= 11 is 0. The van der Waals surface area contributed by atoms with E-state index in [1.165, 1.54) is 6.07 Å². The van der Waals surface area contributed by atoms with E-state index in [1.54, 1.807) is 20.8 Å². The minimum absolute atomic E-state index is 0.0318. The average molecular weight is 222 g/mol. The number of ether oxygens (including phenoxy) is 1. The number of aromatic hydroxyl groups is 1. The first kappa shape index (κ1) is 12.3. The highest BCUT2D eigenvalue weighted by molar-refractivity contribution is 5.37. The van der Waals surface area contributed by atoms with Gasteiger partial charge in [0.1, 0.15) is 17.9 Å². The molecule has 0 aromatic carbocycles. The van der Waals surface area contributed by atoms with Crippen LogP contribution in [-0.4, -0.2) is 16.3 Å². The molecule has 1 aromatic heterocycles. The Morgan fingerprint density at radius 3 is 2.81 bits per heavy atom. The van der Waals surface area contributed by atoms with Crippen molar-refractivity contribution < 1.29 is 9.84 Å². The molecular weight excluding hydrogens is 208 g/mol. The van der Waals surface area contributed by atoms with Crippen LogP contribution in [0.4, 0.5) is 0 Å². The first-order valence-electron chi connectivity index (χ1n) is 4.99. The third-order valence-electron chi connectivity index (χ3n) is 2.30. The van der Waals surface area contributed by atoms with Crippen LogP contribution in [0.25, 0.3) is 0 Å². The number of pyridine rings is 1. The summed E-state index contributed by atoms with van der Waals surface area (Å²) in [6.45, 7) is 5.46. The molecule has 0 aliphatic heterocycles. The third kappa shape index (κ3) is 2.07. The fourth-order valence-electron chi connectivity index (χ4n) is 1.53. The number of nitriles is 1. The lowest BCUT2D eigenvalue weighted by Gasteiger charge is -2.17. The van der Waals surface area contributed by atoms with E-state index >= 15 is 0 Å². The summed E-state index contributed by atoms with van der Waals surface area (Å²) < 4.78 is 6.29. The Balaban J connectivity index is 3.41. The molecule has 1 heterocycles. The quantitative estimate of drug-likeness (QED) is 0.836. The lowest BCUT2D eigenvalue weighted by atomic mass is 10.1. The maximum atomic E-state index is 11.9. The normalized spacial score (nSPS) is 12.1. The number of hydrogen-bond donors (Lipinski definition) is 1. The molecular formula is C11H14N2O3. The predicted octanol–water partition coefficient (Wildman–Crippen LogP) is 1.29. The van der Waals surface area contributed by atoms with Gasteiger partial charge in [-0.3, -0.25) is 9.36 Å². The van der Waals surface area contributed by atoms with Crippen molar-refractivity contribution >= 4 is 0 Å². The highest BCUT2D eigenvalue weighted by Crippen LogP contribution is 2.17. The van der Waals surface area contributed by atoms with Crippen molar-refractivity contribution in [2.24, 2.45) is 0 Å². The minimum atomic E-state index is -0.592. The zero-order valence-electron chi connectivity index (χ0n) is 9.52. The summed E-state index contributed by atoms with van der Waals surface area (Å²) in [5, 5.41) is 18.5. The predicted molar refractivity (Wildman–Crippen MR) is 58.2 cm³/mol. The van der Waals surface area contributed by atoms with Crippen molar-refractivity contribution in [1.82, 2.24) is 4.57 Å². The summed E-state index contributed by atoms with van der Waals surface area (Å²) in [6, 6.07) is 3.21. The number of hydrogen-bond acceptors (Lipinski definition) is 4. The Hall–Kier alpha value is -1.80. The van der Waals surface area contributed by atoms with Crippen LogP contribution in [0.3, 0.4) is 0 Å². The molecule has 86 valence electrons. The Bertz CT molecular complexity index is 485. The molecule has 5 nitrogen and oxygen atoms in total. The molecule has 1 aromatic rings. The molecule has 1 unspecified atom stereocenters. The minimum Gasteiger partial charge on any atom is -0.494 e. The summed E-state index contributed by atoms with van der Waals surface area (Å²) in [5.74, 6) is -0.192. The highest BCUT2D eigenvalue weighted by atomic mass is 16.5. The summed E-state index contributed by atoms with van der Waals surface area (Å²) in [6.07, 6.45) is -0.592. The largest absolute Gasteiger partial charge is 0.494 e. The Morgan fingerprint density at radius 1 is 1.69 bits per heavy atom. The van der Waals surface area contributed by atoms with E-state index in [0.29, 0.717) is 12.2 Å². The third-order valence-corrected chi connectivity index (χ3v) is 2.30. The second-order valence-corrected chi connectivity index (χ2v) is 3.40. The van der Waals surface area contributed by atoms with Gasteiger partial charge in [-0.1, -0.05) is 0 Å². The monoisotopic (exact) mass is 222 g/mol.